The van der Waals surface area contributed by atoms with E-state index in [1.165, 1.54) is 6.08 Å². The predicted molar refractivity (Wildman–Crippen MR) is 96.4 cm³/mol. The molecule has 2 heteroatoms. The maximum Gasteiger partial charge on any atom is 0.189 e. The van der Waals surface area contributed by atoms with Crippen molar-refractivity contribution >= 4 is 11.4 Å². The van der Waals surface area contributed by atoms with Crippen LogP contribution < -0.4 is 0 Å². The van der Waals surface area contributed by atoms with Crippen LogP contribution in [-0.4, -0.2) is 10.9 Å². The second-order valence-corrected chi connectivity index (χ2v) is 5.51. The van der Waals surface area contributed by atoms with Gasteiger partial charge in [-0.1, -0.05) is 91.0 Å². The highest BCUT2D eigenvalue weighted by molar-refractivity contribution is 6.03. The lowest BCUT2D eigenvalue weighted by Gasteiger charge is -2.11. The van der Waals surface area contributed by atoms with Crippen molar-refractivity contribution in [3.05, 3.63) is 114 Å². The summed E-state index contributed by atoms with van der Waals surface area (Å²) in [7, 11) is 0. The van der Waals surface area contributed by atoms with E-state index in [2.05, 4.69) is 0 Å². The van der Waals surface area contributed by atoms with E-state index < -0.39 is 6.10 Å². The number of aliphatic hydroxyl groups is 1. The summed E-state index contributed by atoms with van der Waals surface area (Å²) in [6.07, 6.45) is 0.371. The Balaban J connectivity index is 1.99. The minimum atomic E-state index is -1.16. The second kappa shape index (κ2) is 7.53. The van der Waals surface area contributed by atoms with Crippen LogP contribution >= 0.6 is 0 Å². The highest BCUT2D eigenvalue weighted by Crippen LogP contribution is 2.25. The van der Waals surface area contributed by atoms with Gasteiger partial charge in [0.1, 0.15) is 6.10 Å². The fourth-order valence-electron chi connectivity index (χ4n) is 2.59. The van der Waals surface area contributed by atoms with Crippen LogP contribution in [0.4, 0.5) is 0 Å². The van der Waals surface area contributed by atoms with Gasteiger partial charge in [0, 0.05) is 0 Å². The third-order valence-electron chi connectivity index (χ3n) is 3.84. The Kier molecular flexibility index (Phi) is 4.99. The van der Waals surface area contributed by atoms with Crippen molar-refractivity contribution in [2.75, 3.05) is 0 Å². The number of carbonyl (C=O) groups is 1. The van der Waals surface area contributed by atoms with Gasteiger partial charge in [0.15, 0.2) is 5.78 Å². The number of ketones is 1. The number of hydrogen-bond donors (Lipinski definition) is 1. The Morgan fingerprint density at radius 1 is 0.708 bits per heavy atom. The summed E-state index contributed by atoms with van der Waals surface area (Å²) in [5.41, 5.74) is 3.28. The Morgan fingerprint density at radius 2 is 1.12 bits per heavy atom. The van der Waals surface area contributed by atoms with Crippen molar-refractivity contribution in [3.63, 3.8) is 0 Å². The molecule has 0 aliphatic rings. The van der Waals surface area contributed by atoms with E-state index in [4.69, 9.17) is 0 Å². The van der Waals surface area contributed by atoms with Crippen molar-refractivity contribution in [1.82, 2.24) is 0 Å². The normalized spacial score (nSPS) is 11.5. The lowest BCUT2D eigenvalue weighted by Crippen LogP contribution is -2.10. The zero-order chi connectivity index (χ0) is 16.8. The number of hydrogen-bond acceptors (Lipinski definition) is 2. The van der Waals surface area contributed by atoms with Gasteiger partial charge in [0.25, 0.3) is 0 Å². The molecular formula is C22H18O2. The molecule has 1 N–H and O–H groups in total. The molecule has 0 amide bonds. The molecule has 0 aliphatic heterocycles. The molecule has 0 aliphatic carbocycles. The first-order chi connectivity index (χ1) is 11.8. The van der Waals surface area contributed by atoms with Gasteiger partial charge in [0.05, 0.1) is 0 Å². The lowest BCUT2D eigenvalue weighted by atomic mass is 9.95. The molecule has 0 bridgehead atoms. The average molecular weight is 314 g/mol. The van der Waals surface area contributed by atoms with E-state index in [1.54, 1.807) is 12.1 Å². The monoisotopic (exact) mass is 314 g/mol. The molecule has 0 saturated carbocycles. The van der Waals surface area contributed by atoms with E-state index >= 15 is 0 Å². The van der Waals surface area contributed by atoms with Gasteiger partial charge >= 0.3 is 0 Å². The van der Waals surface area contributed by atoms with E-state index in [-0.39, 0.29) is 5.78 Å². The van der Waals surface area contributed by atoms with E-state index in [9.17, 15) is 9.90 Å². The lowest BCUT2D eigenvalue weighted by molar-refractivity contribution is -0.122. The fraction of sp³-hybridized carbons (Fsp3) is 0.0455. The van der Waals surface area contributed by atoms with E-state index in [0.29, 0.717) is 5.56 Å². The molecule has 2 nitrogen and oxygen atoms in total. The van der Waals surface area contributed by atoms with E-state index in [1.807, 2.05) is 78.9 Å². The fourth-order valence-corrected chi connectivity index (χ4v) is 2.59. The van der Waals surface area contributed by atoms with Crippen molar-refractivity contribution in [2.24, 2.45) is 0 Å². The highest BCUT2D eigenvalue weighted by Gasteiger charge is 2.16. The van der Waals surface area contributed by atoms with Crippen LogP contribution in [-0.2, 0) is 4.79 Å². The Hall–Kier alpha value is -2.97. The topological polar surface area (TPSA) is 37.3 Å². The minimum Gasteiger partial charge on any atom is -0.380 e. The maximum atomic E-state index is 12.6. The SMILES string of the molecule is O=C(C=C(c1ccccc1)c1ccccc1)C(O)c1ccccc1. The summed E-state index contributed by atoms with van der Waals surface area (Å²) in [6.45, 7) is 0. The number of aliphatic hydroxyl groups excluding tert-OH is 1. The van der Waals surface area contributed by atoms with Gasteiger partial charge in [-0.25, -0.2) is 0 Å². The van der Waals surface area contributed by atoms with Crippen molar-refractivity contribution in [3.8, 4) is 0 Å². The van der Waals surface area contributed by atoms with Gasteiger partial charge in [0.2, 0.25) is 0 Å². The van der Waals surface area contributed by atoms with Crippen molar-refractivity contribution in [1.29, 1.82) is 0 Å². The van der Waals surface area contributed by atoms with Crippen LogP contribution in [0.1, 0.15) is 22.8 Å². The zero-order valence-electron chi connectivity index (χ0n) is 13.2. The molecule has 3 rings (SSSR count). The first kappa shape index (κ1) is 15.9. The van der Waals surface area contributed by atoms with Crippen molar-refractivity contribution < 1.29 is 9.90 Å². The summed E-state index contributed by atoms with van der Waals surface area (Å²) < 4.78 is 0. The summed E-state index contributed by atoms with van der Waals surface area (Å²) in [5.74, 6) is -0.330. The van der Waals surface area contributed by atoms with Crippen LogP contribution in [0.3, 0.4) is 0 Å². The Labute approximate surface area is 141 Å². The molecule has 0 spiro atoms. The average Bonchev–Trinajstić information content (AvgIpc) is 2.67. The number of benzene rings is 3. The van der Waals surface area contributed by atoms with Gasteiger partial charge in [-0.15, -0.1) is 0 Å². The molecule has 1 unspecified atom stereocenters. The minimum absolute atomic E-state index is 0.330. The molecule has 0 saturated heterocycles. The zero-order valence-corrected chi connectivity index (χ0v) is 13.2. The second-order valence-electron chi connectivity index (χ2n) is 5.51. The molecule has 24 heavy (non-hydrogen) atoms. The predicted octanol–water partition coefficient (Wildman–Crippen LogP) is 4.42. The van der Waals surface area contributed by atoms with Gasteiger partial charge in [-0.2, -0.15) is 0 Å². The third kappa shape index (κ3) is 3.67. The van der Waals surface area contributed by atoms with Gasteiger partial charge in [-0.05, 0) is 28.3 Å². The molecule has 0 fully saturated rings. The molecule has 0 heterocycles. The molecule has 1 atom stereocenters. The first-order valence-electron chi connectivity index (χ1n) is 7.85. The maximum absolute atomic E-state index is 12.6. The number of rotatable bonds is 5. The van der Waals surface area contributed by atoms with Crippen LogP contribution in [0.5, 0.6) is 0 Å². The summed E-state index contributed by atoms with van der Waals surface area (Å²) in [5, 5.41) is 10.3. The third-order valence-corrected chi connectivity index (χ3v) is 3.84. The molecule has 0 aromatic heterocycles. The summed E-state index contributed by atoms with van der Waals surface area (Å²) in [6, 6.07) is 28.4. The largest absolute Gasteiger partial charge is 0.380 e. The molecule has 3 aromatic carbocycles. The van der Waals surface area contributed by atoms with Crippen molar-refractivity contribution in [2.45, 2.75) is 6.10 Å². The summed E-state index contributed by atoms with van der Waals surface area (Å²) >= 11 is 0. The van der Waals surface area contributed by atoms with Gasteiger partial charge < -0.3 is 5.11 Å². The van der Waals surface area contributed by atoms with E-state index in [0.717, 1.165) is 16.7 Å². The molecule has 0 radical (unpaired) electrons. The first-order valence-corrected chi connectivity index (χ1v) is 7.85. The Morgan fingerprint density at radius 3 is 1.58 bits per heavy atom. The smallest absolute Gasteiger partial charge is 0.189 e. The van der Waals surface area contributed by atoms with Crippen LogP contribution in [0.2, 0.25) is 0 Å². The van der Waals surface area contributed by atoms with Crippen LogP contribution in [0.25, 0.3) is 5.57 Å². The molecule has 118 valence electrons. The number of carbonyl (C=O) groups excluding carboxylic acids is 1. The highest BCUT2D eigenvalue weighted by atomic mass is 16.3. The summed E-state index contributed by atoms with van der Waals surface area (Å²) in [4.78, 5) is 12.6. The van der Waals surface area contributed by atoms with Gasteiger partial charge in [-0.3, -0.25) is 4.79 Å². The quantitative estimate of drug-likeness (QED) is 0.708. The molecular weight excluding hydrogens is 296 g/mol. The molecule has 3 aromatic rings. The Bertz CT molecular complexity index is 780. The van der Waals surface area contributed by atoms with Crippen LogP contribution in [0.15, 0.2) is 97.1 Å². The van der Waals surface area contributed by atoms with Crippen LogP contribution in [0, 0.1) is 0 Å². The standard InChI is InChI=1S/C22H18O2/c23-21(22(24)19-14-8-3-9-15-19)16-20(17-10-4-1-5-11-17)18-12-6-2-7-13-18/h1-16,22,24H.